The van der Waals surface area contributed by atoms with Gasteiger partial charge in [0.1, 0.15) is 0 Å². The molecular weight excluding hydrogens is 224 g/mol. The molecule has 0 aromatic heterocycles. The van der Waals surface area contributed by atoms with Gasteiger partial charge in [0.2, 0.25) is 11.8 Å². The van der Waals surface area contributed by atoms with Crippen LogP contribution in [0, 0.1) is 11.8 Å². The number of fused-ring (bicyclic) bond motifs is 1. The number of amides is 2. The number of piperidine rings is 1. The molecule has 2 fully saturated rings. The molecular formula is C11H16N2O4. The number of carbonyl (C=O) groups excluding carboxylic acids is 2. The highest BCUT2D eigenvalue weighted by Gasteiger charge is 2.48. The second-order valence-corrected chi connectivity index (χ2v) is 4.68. The third kappa shape index (κ3) is 2.17. The van der Waals surface area contributed by atoms with Gasteiger partial charge in [-0.15, -0.1) is 0 Å². The smallest absolute Gasteiger partial charge is 0.304 e. The molecule has 0 bridgehead atoms. The lowest BCUT2D eigenvalue weighted by Crippen LogP contribution is -2.42. The molecule has 0 aliphatic carbocycles. The van der Waals surface area contributed by atoms with Crippen molar-refractivity contribution >= 4 is 17.8 Å². The van der Waals surface area contributed by atoms with Crippen LogP contribution in [-0.4, -0.2) is 59.4 Å². The molecule has 2 atom stereocenters. The number of rotatable bonds is 3. The van der Waals surface area contributed by atoms with E-state index in [4.69, 9.17) is 5.11 Å². The number of hydrogen-bond donors (Lipinski definition) is 1. The van der Waals surface area contributed by atoms with Crippen molar-refractivity contribution < 1.29 is 19.5 Å². The zero-order chi connectivity index (χ0) is 12.6. The van der Waals surface area contributed by atoms with E-state index < -0.39 is 5.97 Å². The van der Waals surface area contributed by atoms with E-state index >= 15 is 0 Å². The maximum Gasteiger partial charge on any atom is 0.304 e. The highest BCUT2D eigenvalue weighted by molar-refractivity contribution is 6.05. The standard InChI is InChI=1S/C11H16N2O4/c1-12-10(16)7-2-4-13(5-3-9(14)15)6-8(7)11(12)17/h7-8H,2-6H2,1H3,(H,14,15)/t7-,8-/m0/s1. The van der Waals surface area contributed by atoms with Gasteiger partial charge < -0.3 is 10.0 Å². The summed E-state index contributed by atoms with van der Waals surface area (Å²) < 4.78 is 0. The van der Waals surface area contributed by atoms with Crippen LogP contribution in [0.25, 0.3) is 0 Å². The van der Waals surface area contributed by atoms with Crippen LogP contribution in [0.2, 0.25) is 0 Å². The van der Waals surface area contributed by atoms with Crippen molar-refractivity contribution in [2.75, 3.05) is 26.7 Å². The van der Waals surface area contributed by atoms with E-state index in [1.165, 1.54) is 11.9 Å². The van der Waals surface area contributed by atoms with Crippen molar-refractivity contribution in [3.05, 3.63) is 0 Å². The summed E-state index contributed by atoms with van der Waals surface area (Å²) in [5.41, 5.74) is 0. The van der Waals surface area contributed by atoms with Crippen molar-refractivity contribution in [3.63, 3.8) is 0 Å². The van der Waals surface area contributed by atoms with E-state index in [1.807, 2.05) is 4.90 Å². The van der Waals surface area contributed by atoms with Crippen LogP contribution in [0.1, 0.15) is 12.8 Å². The lowest BCUT2D eigenvalue weighted by atomic mass is 9.88. The van der Waals surface area contributed by atoms with Crippen LogP contribution in [0.15, 0.2) is 0 Å². The van der Waals surface area contributed by atoms with Gasteiger partial charge in [-0.1, -0.05) is 0 Å². The largest absolute Gasteiger partial charge is 0.481 e. The Kier molecular flexibility index (Phi) is 3.15. The van der Waals surface area contributed by atoms with Crippen molar-refractivity contribution in [1.29, 1.82) is 0 Å². The van der Waals surface area contributed by atoms with Crippen LogP contribution in [0.3, 0.4) is 0 Å². The lowest BCUT2D eigenvalue weighted by molar-refractivity contribution is -0.138. The van der Waals surface area contributed by atoms with Gasteiger partial charge in [-0.2, -0.15) is 0 Å². The highest BCUT2D eigenvalue weighted by Crippen LogP contribution is 2.32. The van der Waals surface area contributed by atoms with E-state index in [0.29, 0.717) is 26.1 Å². The van der Waals surface area contributed by atoms with E-state index in [-0.39, 0.29) is 30.1 Å². The monoisotopic (exact) mass is 240 g/mol. The third-order valence-electron chi connectivity index (χ3n) is 3.63. The summed E-state index contributed by atoms with van der Waals surface area (Å²) in [5, 5.41) is 8.61. The lowest BCUT2D eigenvalue weighted by Gasteiger charge is -2.31. The first-order chi connectivity index (χ1) is 8.00. The molecule has 6 heteroatoms. The SMILES string of the molecule is CN1C(=O)[C@H]2CCN(CCC(=O)O)C[C@@H]2C1=O. The Morgan fingerprint density at radius 1 is 1.35 bits per heavy atom. The molecule has 0 unspecified atom stereocenters. The first-order valence-electron chi connectivity index (χ1n) is 5.76. The molecule has 94 valence electrons. The van der Waals surface area contributed by atoms with E-state index in [2.05, 4.69) is 0 Å². The summed E-state index contributed by atoms with van der Waals surface area (Å²) in [4.78, 5) is 37.2. The molecule has 6 nitrogen and oxygen atoms in total. The molecule has 0 aromatic carbocycles. The van der Waals surface area contributed by atoms with Gasteiger partial charge in [0.25, 0.3) is 0 Å². The van der Waals surface area contributed by atoms with Crippen molar-refractivity contribution in [1.82, 2.24) is 9.80 Å². The van der Waals surface area contributed by atoms with Gasteiger partial charge in [0.05, 0.1) is 18.3 Å². The first kappa shape index (κ1) is 12.0. The number of aliphatic carboxylic acids is 1. The van der Waals surface area contributed by atoms with Crippen LogP contribution >= 0.6 is 0 Å². The molecule has 2 aliphatic heterocycles. The predicted molar refractivity (Wildman–Crippen MR) is 58.1 cm³/mol. The summed E-state index contributed by atoms with van der Waals surface area (Å²) in [6, 6.07) is 0. The minimum absolute atomic E-state index is 0.0787. The summed E-state index contributed by atoms with van der Waals surface area (Å²) in [7, 11) is 1.52. The van der Waals surface area contributed by atoms with E-state index in [0.717, 1.165) is 0 Å². The molecule has 2 amide bonds. The molecule has 1 N–H and O–H groups in total. The second-order valence-electron chi connectivity index (χ2n) is 4.68. The molecule has 0 spiro atoms. The maximum absolute atomic E-state index is 11.8. The number of carboxylic acids is 1. The Balaban J connectivity index is 1.97. The minimum Gasteiger partial charge on any atom is -0.481 e. The van der Waals surface area contributed by atoms with Gasteiger partial charge in [0, 0.05) is 20.1 Å². The van der Waals surface area contributed by atoms with Crippen molar-refractivity contribution in [2.45, 2.75) is 12.8 Å². The van der Waals surface area contributed by atoms with Crippen molar-refractivity contribution in [2.24, 2.45) is 11.8 Å². The molecule has 17 heavy (non-hydrogen) atoms. The number of likely N-dealkylation sites (tertiary alicyclic amines) is 2. The van der Waals surface area contributed by atoms with Crippen LogP contribution < -0.4 is 0 Å². The Morgan fingerprint density at radius 3 is 2.65 bits per heavy atom. The average Bonchev–Trinajstić information content (AvgIpc) is 2.52. The summed E-state index contributed by atoms with van der Waals surface area (Å²) in [5.74, 6) is -1.50. The molecule has 0 aromatic rings. The van der Waals surface area contributed by atoms with Crippen molar-refractivity contribution in [3.8, 4) is 0 Å². The highest BCUT2D eigenvalue weighted by atomic mass is 16.4. The van der Waals surface area contributed by atoms with Crippen LogP contribution in [0.4, 0.5) is 0 Å². The molecule has 2 saturated heterocycles. The molecule has 2 heterocycles. The van der Waals surface area contributed by atoms with Gasteiger partial charge in [-0.25, -0.2) is 0 Å². The Morgan fingerprint density at radius 2 is 2.00 bits per heavy atom. The first-order valence-corrected chi connectivity index (χ1v) is 5.76. The molecule has 2 rings (SSSR count). The molecule has 0 radical (unpaired) electrons. The van der Waals surface area contributed by atoms with E-state index in [9.17, 15) is 14.4 Å². The second kappa shape index (κ2) is 4.44. The fourth-order valence-corrected chi connectivity index (χ4v) is 2.63. The summed E-state index contributed by atoms with van der Waals surface area (Å²) in [6.45, 7) is 1.65. The van der Waals surface area contributed by atoms with Gasteiger partial charge in [-0.3, -0.25) is 19.3 Å². The third-order valence-corrected chi connectivity index (χ3v) is 3.63. The van der Waals surface area contributed by atoms with Gasteiger partial charge >= 0.3 is 5.97 Å². The number of carbonyl (C=O) groups is 3. The van der Waals surface area contributed by atoms with Crippen LogP contribution in [-0.2, 0) is 14.4 Å². The van der Waals surface area contributed by atoms with E-state index in [1.54, 1.807) is 0 Å². The quantitative estimate of drug-likeness (QED) is 0.666. The Hall–Kier alpha value is -1.43. The number of imide groups is 1. The topological polar surface area (TPSA) is 77.9 Å². The summed E-state index contributed by atoms with van der Waals surface area (Å²) >= 11 is 0. The fourth-order valence-electron chi connectivity index (χ4n) is 2.63. The Bertz CT molecular complexity index is 368. The number of hydrogen-bond acceptors (Lipinski definition) is 4. The predicted octanol–water partition coefficient (Wildman–Crippen LogP) is -0.602. The average molecular weight is 240 g/mol. The zero-order valence-corrected chi connectivity index (χ0v) is 9.76. The number of carboxylic acid groups (broad SMARTS) is 1. The van der Waals surface area contributed by atoms with Gasteiger partial charge in [-0.05, 0) is 13.0 Å². The number of nitrogens with zero attached hydrogens (tertiary/aromatic N) is 2. The summed E-state index contributed by atoms with van der Waals surface area (Å²) in [6.07, 6.45) is 0.731. The maximum atomic E-state index is 11.8. The van der Waals surface area contributed by atoms with Crippen LogP contribution in [0.5, 0.6) is 0 Å². The molecule has 0 saturated carbocycles. The zero-order valence-electron chi connectivity index (χ0n) is 9.76. The normalized spacial score (nSPS) is 29.6. The molecule has 2 aliphatic rings. The fraction of sp³-hybridized carbons (Fsp3) is 0.727. The van der Waals surface area contributed by atoms with Gasteiger partial charge in [0.15, 0.2) is 0 Å². The Labute approximate surface area is 99.2 Å². The minimum atomic E-state index is -0.835.